The van der Waals surface area contributed by atoms with Crippen molar-refractivity contribution >= 4 is 236 Å². The van der Waals surface area contributed by atoms with E-state index < -0.39 is 81.9 Å². The highest BCUT2D eigenvalue weighted by molar-refractivity contribution is 9.25. The van der Waals surface area contributed by atoms with E-state index in [0.717, 1.165) is 34.3 Å². The number of carbonyl (C=O) groups is 7. The number of hydrogen-bond acceptors (Lipinski definition) is 14. The van der Waals surface area contributed by atoms with Gasteiger partial charge in [-0.1, -0.05) is 130 Å². The summed E-state index contributed by atoms with van der Waals surface area (Å²) in [7, 11) is 1.81. The molecule has 0 aromatic heterocycles. The molecule has 96 heavy (non-hydrogen) atoms. The fourth-order valence-electron chi connectivity index (χ4n) is 6.64. The molecule has 0 atom stereocenters. The first kappa shape index (κ1) is 91.8. The van der Waals surface area contributed by atoms with Gasteiger partial charge in [0.05, 0.1) is 48.3 Å². The Kier molecular flexibility index (Phi) is 40.3. The Morgan fingerprint density at radius 1 is 0.562 bits per heavy atom. The van der Waals surface area contributed by atoms with E-state index in [4.69, 9.17) is 50.0 Å². The second-order valence-corrected chi connectivity index (χ2v) is 28.2. The van der Waals surface area contributed by atoms with Crippen LogP contribution >= 0.6 is 167 Å². The van der Waals surface area contributed by atoms with Crippen molar-refractivity contribution in [1.29, 1.82) is 0 Å². The van der Waals surface area contributed by atoms with Crippen LogP contribution in [0, 0.1) is 0 Å². The number of aliphatic hydroxyl groups is 3. The fraction of sp³-hybridized carbons (Fsp3) is 0.268. The fourth-order valence-corrected chi connectivity index (χ4v) is 12.3. The molecule has 1 aliphatic carbocycles. The van der Waals surface area contributed by atoms with Gasteiger partial charge in [0.2, 0.25) is 17.1 Å². The highest BCUT2D eigenvalue weighted by atomic mass is 79.9. The number of para-hydroxylation sites is 1. The zero-order valence-electron chi connectivity index (χ0n) is 48.4. The molecule has 3 amide bonds. The van der Waals surface area contributed by atoms with Gasteiger partial charge in [-0.2, -0.15) is 52.7 Å². The van der Waals surface area contributed by atoms with Gasteiger partial charge in [-0.05, 0) is 134 Å². The van der Waals surface area contributed by atoms with Crippen LogP contribution in [0.4, 0.5) is 81.1 Å². The van der Waals surface area contributed by atoms with E-state index in [9.17, 15) is 86.2 Å². The number of ether oxygens (including phenoxy) is 2. The number of amides is 3. The lowest BCUT2D eigenvalue weighted by Crippen LogP contribution is -2.64. The quantitative estimate of drug-likeness (QED) is 0.0250. The number of alkyl halides is 17. The smallest absolute Gasteiger partial charge is 0.467 e. The van der Waals surface area contributed by atoms with Crippen molar-refractivity contribution < 1.29 is 111 Å². The summed E-state index contributed by atoms with van der Waals surface area (Å²) in [5, 5.41) is 30.3. The van der Waals surface area contributed by atoms with E-state index >= 15 is 0 Å². The molecule has 9 N–H and O–H groups in total. The van der Waals surface area contributed by atoms with Crippen LogP contribution in [-0.4, -0.2) is 110 Å². The number of hydrogen-bond donors (Lipinski definition) is 7. The first-order valence-electron chi connectivity index (χ1n) is 25.0. The average molecular weight is 2000 g/mol. The van der Waals surface area contributed by atoms with Gasteiger partial charge in [0.1, 0.15) is 3.23 Å². The number of nitrogen functional groups attached to an aromatic ring is 2. The van der Waals surface area contributed by atoms with Gasteiger partial charge < -0.3 is 46.9 Å². The van der Waals surface area contributed by atoms with Gasteiger partial charge >= 0.3 is 54.4 Å². The van der Waals surface area contributed by atoms with E-state index in [1.54, 1.807) is 53.9 Å². The first-order valence-corrected chi connectivity index (χ1v) is 33.5. The Balaban J connectivity index is 0.00000113. The van der Waals surface area contributed by atoms with Gasteiger partial charge in [-0.25, -0.2) is 9.59 Å². The summed E-state index contributed by atoms with van der Waals surface area (Å²) in [6.45, 7) is 0.0326. The number of nitrogens with zero attached hydrogens (tertiary/aromatic N) is 1. The Morgan fingerprint density at radius 3 is 1.28 bits per heavy atom. The molecule has 0 spiro atoms. The Hall–Kier alpha value is -4.19. The standard InChI is InChI=1S/C14H11BrF3NO5.C9H6Br2F3NO.C9H7BrF3NO2.C7H8BrNO.C7H9NO.C6H2Br4O.C3H3F3O.CH2Cl2/c1-23-11(21)13(12(22)24-2)6-7-5-8(15)3-4-9(7)19(13)10(20)14(16,17)18;10-4-5-3-6(11)1-2-7(5)15-8(16)9(12,13)14;10-6-1-2-7(5(3-6)4-15)14-8(16)9(11,12)13;8-6-1-2-7(9)5(3-6)4-10;8-7-4-2-1-3-6(7)5-9;7-3-1-6(9,10)2-4(8)5(3)11;1-2(7)3(4,5)6;2-1-3/h3-5H,6H2,1-2H3;1-3H,4H2,(H,15,16);1-3,15H,4H2,(H,14,16);1-3,10H,4,9H2;1-4,9H,5,8H2;1-2H;1H3;1H2. The molecule has 0 saturated carbocycles. The number of esters is 2. The molecular weight excluding hydrogens is 1950 g/mol. The van der Waals surface area contributed by atoms with E-state index in [2.05, 4.69) is 153 Å². The van der Waals surface area contributed by atoms with Crippen LogP contribution in [0.25, 0.3) is 0 Å². The third kappa shape index (κ3) is 30.7. The van der Waals surface area contributed by atoms with Crippen LogP contribution in [0.1, 0.15) is 34.7 Å². The van der Waals surface area contributed by atoms with Crippen molar-refractivity contribution in [1.82, 2.24) is 0 Å². The third-order valence-corrected chi connectivity index (χ3v) is 15.7. The van der Waals surface area contributed by atoms with Gasteiger partial charge in [0, 0.05) is 81.7 Å². The summed E-state index contributed by atoms with van der Waals surface area (Å²) in [4.78, 5) is 78.4. The number of nitrogens with two attached hydrogens (primary N) is 2. The molecule has 1 heterocycles. The van der Waals surface area contributed by atoms with E-state index in [1.165, 1.54) is 42.5 Å². The molecule has 0 radical (unpaired) electrons. The van der Waals surface area contributed by atoms with Crippen LogP contribution in [0.3, 0.4) is 0 Å². The monoisotopic (exact) mass is 1990 g/mol. The Labute approximate surface area is 623 Å². The molecule has 1 aliphatic heterocycles. The zero-order chi connectivity index (χ0) is 74.7. The highest BCUT2D eigenvalue weighted by Crippen LogP contribution is 2.44. The van der Waals surface area contributed by atoms with E-state index in [1.807, 2.05) is 23.5 Å². The lowest BCUT2D eigenvalue weighted by molar-refractivity contribution is -0.176. The summed E-state index contributed by atoms with van der Waals surface area (Å²) in [6.07, 6.45) is -16.8. The van der Waals surface area contributed by atoms with Crippen LogP contribution < -0.4 is 27.0 Å². The lowest BCUT2D eigenvalue weighted by atomic mass is 9.94. The Bertz CT molecular complexity index is 3460. The van der Waals surface area contributed by atoms with Crippen LogP contribution in [0.15, 0.2) is 136 Å². The molecule has 17 nitrogen and oxygen atoms in total. The van der Waals surface area contributed by atoms with Crippen molar-refractivity contribution in [2.24, 2.45) is 0 Å². The maximum atomic E-state index is 13.0. The van der Waals surface area contributed by atoms with Gasteiger partial charge in [-0.15, -0.1) is 23.2 Å². The maximum Gasteiger partial charge on any atom is 0.471 e. The average Bonchev–Trinajstić information content (AvgIpc) is 1.56. The lowest BCUT2D eigenvalue weighted by Gasteiger charge is -2.33. The molecule has 0 saturated heterocycles. The molecule has 530 valence electrons. The van der Waals surface area contributed by atoms with E-state index in [-0.39, 0.29) is 57.4 Å². The molecule has 5 aromatic rings. The van der Waals surface area contributed by atoms with Gasteiger partial charge in [-0.3, -0.25) is 28.9 Å². The Morgan fingerprint density at radius 2 is 0.927 bits per heavy atom. The molecule has 5 aromatic carbocycles. The largest absolute Gasteiger partial charge is 0.471 e. The van der Waals surface area contributed by atoms with Gasteiger partial charge in [0.15, 0.2) is 0 Å². The molecule has 0 bridgehead atoms. The maximum absolute atomic E-state index is 13.0. The van der Waals surface area contributed by atoms with Crippen LogP contribution in [0.5, 0.6) is 0 Å². The SMILES string of the molecule is CC(=O)C(F)(F)F.COC(=O)C1(C(=O)OC)Cc2cc(Br)ccc2N1C(=O)C(F)(F)F.ClCCl.Nc1ccc(Br)cc1CO.Nc1ccccc1CO.O=C(Nc1ccc(Br)cc1CBr)C(F)(F)F.O=C(Nc1ccc(Br)cc1CO)C(F)(F)F.O=C1C(Br)=CC(Br)(Br)C=C1Br. The summed E-state index contributed by atoms with van der Waals surface area (Å²) in [5.74, 6) is -10.8. The molecule has 0 fully saturated rings. The predicted octanol–water partition coefficient (Wildman–Crippen LogP) is 16.7. The van der Waals surface area contributed by atoms with Crippen molar-refractivity contribution in [3.8, 4) is 0 Å². The van der Waals surface area contributed by atoms with Crippen molar-refractivity contribution in [2.45, 2.75) is 72.0 Å². The van der Waals surface area contributed by atoms with Crippen molar-refractivity contribution in [2.75, 3.05) is 46.6 Å². The number of Topliss-reactive ketones (excluding diaryl/α,β-unsaturated/α-hetero) is 2. The minimum Gasteiger partial charge on any atom is -0.467 e. The van der Waals surface area contributed by atoms with Crippen LogP contribution in [0.2, 0.25) is 0 Å². The molecule has 2 aliphatic rings. The number of rotatable bonds is 8. The zero-order valence-corrected chi connectivity index (χ0v) is 64.2. The number of halogens is 23. The molecular formula is C56H48Br9Cl2F12N5O12. The number of methoxy groups -OCH3 is 2. The number of fused-ring (bicyclic) bond motifs is 1. The predicted molar refractivity (Wildman–Crippen MR) is 369 cm³/mol. The topological polar surface area (TPSA) is 278 Å². The normalized spacial score (nSPS) is 13.2. The van der Waals surface area contributed by atoms with E-state index in [0.29, 0.717) is 47.1 Å². The third-order valence-electron chi connectivity index (χ3n) is 11.0. The number of nitrogens with one attached hydrogen (secondary N) is 2. The number of allylic oxidation sites excluding steroid dienone is 4. The summed E-state index contributed by atoms with van der Waals surface area (Å²) >= 11 is 38.4. The second-order valence-electron chi connectivity index (χ2n) is 17.7. The summed E-state index contributed by atoms with van der Waals surface area (Å²) in [5.41, 5.74) is 12.1. The molecule has 7 rings (SSSR count). The van der Waals surface area contributed by atoms with Gasteiger partial charge in [0.25, 0.3) is 0 Å². The minimum atomic E-state index is -5.30. The number of carbonyl (C=O) groups excluding carboxylic acids is 7. The number of aliphatic hydroxyl groups excluding tert-OH is 3. The summed E-state index contributed by atoms with van der Waals surface area (Å²) in [6, 6.07) is 25.4. The van der Waals surface area contributed by atoms with Crippen molar-refractivity contribution in [3.63, 3.8) is 0 Å². The number of anilines is 5. The number of benzene rings is 5. The molecule has 0 unspecified atom stereocenters. The number of ketones is 2. The first-order chi connectivity index (χ1) is 44.1. The highest BCUT2D eigenvalue weighted by Gasteiger charge is 2.64. The molecule has 40 heteroatoms. The minimum absolute atomic E-state index is 0.00866. The van der Waals surface area contributed by atoms with Crippen LogP contribution in [-0.2, 0) is 74.6 Å². The van der Waals surface area contributed by atoms with Crippen molar-refractivity contribution in [3.05, 3.63) is 164 Å². The summed E-state index contributed by atoms with van der Waals surface area (Å²) < 4.78 is 156. The second kappa shape index (κ2) is 42.2.